The minimum atomic E-state index is -0.204. The van der Waals surface area contributed by atoms with Gasteiger partial charge in [-0.05, 0) is 61.8 Å². The third-order valence-electron chi connectivity index (χ3n) is 6.34. The summed E-state index contributed by atoms with van der Waals surface area (Å²) >= 11 is 6.37. The molecule has 126 valence electrons. The maximum absolute atomic E-state index is 12.6. The maximum atomic E-state index is 12.6. The number of aromatic nitrogens is 2. The van der Waals surface area contributed by atoms with Crippen LogP contribution >= 0.6 is 11.6 Å². The van der Waals surface area contributed by atoms with E-state index in [2.05, 4.69) is 20.8 Å². The number of carbonyl (C=O) groups excluding carboxylic acids is 1. The fraction of sp³-hybridized carbons (Fsp3) is 0.556. The van der Waals surface area contributed by atoms with Crippen molar-refractivity contribution in [3.05, 3.63) is 29.0 Å². The molecule has 0 spiro atoms. The summed E-state index contributed by atoms with van der Waals surface area (Å²) in [6.07, 6.45) is 10.0. The van der Waals surface area contributed by atoms with Crippen molar-refractivity contribution in [1.29, 1.82) is 0 Å². The third kappa shape index (κ3) is 2.25. The van der Waals surface area contributed by atoms with Crippen molar-refractivity contribution in [2.75, 3.05) is 0 Å². The molecule has 6 heteroatoms. The molecule has 0 radical (unpaired) electrons. The standard InChI is InChI=1S/C18H21ClN4O/c19-15-13-1-2-20-17(13)21-8-14(15)18(24)23-22-16-11-4-9-3-10(6-11)7-12(16)5-9/h1-2,8-12,16,22H,3-7H2,(H,20,21)(H,23,24). The highest BCUT2D eigenvalue weighted by atomic mass is 35.5. The largest absolute Gasteiger partial charge is 0.346 e. The average Bonchev–Trinajstić information content (AvgIpc) is 3.03. The van der Waals surface area contributed by atoms with Crippen molar-refractivity contribution in [2.45, 2.75) is 38.1 Å². The van der Waals surface area contributed by atoms with Crippen LogP contribution in [-0.2, 0) is 0 Å². The second-order valence-corrected chi connectivity index (χ2v) is 8.16. The van der Waals surface area contributed by atoms with Gasteiger partial charge in [-0.25, -0.2) is 10.4 Å². The Bertz CT molecular complexity index is 773. The van der Waals surface area contributed by atoms with Crippen LogP contribution in [0.15, 0.2) is 18.5 Å². The van der Waals surface area contributed by atoms with Crippen LogP contribution in [0.4, 0.5) is 0 Å². The molecule has 4 fully saturated rings. The van der Waals surface area contributed by atoms with Crippen LogP contribution in [0.25, 0.3) is 11.0 Å². The van der Waals surface area contributed by atoms with E-state index in [0.29, 0.717) is 34.1 Å². The van der Waals surface area contributed by atoms with E-state index in [-0.39, 0.29) is 5.91 Å². The van der Waals surface area contributed by atoms with Gasteiger partial charge < -0.3 is 4.98 Å². The molecule has 2 heterocycles. The summed E-state index contributed by atoms with van der Waals surface area (Å²) < 4.78 is 0. The molecule has 4 aliphatic carbocycles. The maximum Gasteiger partial charge on any atom is 0.268 e. The monoisotopic (exact) mass is 344 g/mol. The second kappa shape index (κ2) is 5.46. The first-order chi connectivity index (χ1) is 11.7. The van der Waals surface area contributed by atoms with Gasteiger partial charge in [-0.2, -0.15) is 0 Å². The van der Waals surface area contributed by atoms with Gasteiger partial charge in [0.1, 0.15) is 5.65 Å². The van der Waals surface area contributed by atoms with Crippen LogP contribution in [0.3, 0.4) is 0 Å². The summed E-state index contributed by atoms with van der Waals surface area (Å²) in [5.41, 5.74) is 7.36. The molecule has 2 aromatic heterocycles. The quantitative estimate of drug-likeness (QED) is 0.748. The first-order valence-electron chi connectivity index (χ1n) is 8.86. The zero-order valence-electron chi connectivity index (χ0n) is 13.4. The van der Waals surface area contributed by atoms with Crippen LogP contribution < -0.4 is 10.9 Å². The predicted octanol–water partition coefficient (Wildman–Crippen LogP) is 3.28. The van der Waals surface area contributed by atoms with Crippen molar-refractivity contribution in [1.82, 2.24) is 20.8 Å². The summed E-state index contributed by atoms with van der Waals surface area (Å²) in [5, 5.41) is 1.23. The number of carbonyl (C=O) groups is 1. The molecule has 5 nitrogen and oxygen atoms in total. The summed E-state index contributed by atoms with van der Waals surface area (Å²) in [5.74, 6) is 3.07. The summed E-state index contributed by atoms with van der Waals surface area (Å²) in [7, 11) is 0. The van der Waals surface area contributed by atoms with Crippen LogP contribution in [0, 0.1) is 23.7 Å². The zero-order chi connectivity index (χ0) is 16.3. The molecule has 0 unspecified atom stereocenters. The number of fused-ring (bicyclic) bond motifs is 1. The highest BCUT2D eigenvalue weighted by Gasteiger charge is 2.48. The normalized spacial score (nSPS) is 34.0. The highest BCUT2D eigenvalue weighted by molar-refractivity contribution is 6.38. The molecule has 4 aliphatic rings. The van der Waals surface area contributed by atoms with Gasteiger partial charge >= 0.3 is 0 Å². The Hall–Kier alpha value is -1.59. The molecule has 0 atom stereocenters. The molecular formula is C18H21ClN4O. The van der Waals surface area contributed by atoms with Gasteiger partial charge in [-0.3, -0.25) is 10.2 Å². The number of hydrogen-bond donors (Lipinski definition) is 3. The van der Waals surface area contributed by atoms with Crippen molar-refractivity contribution in [2.24, 2.45) is 23.7 Å². The Morgan fingerprint density at radius 3 is 2.58 bits per heavy atom. The van der Waals surface area contributed by atoms with Crippen LogP contribution in [0.5, 0.6) is 0 Å². The smallest absolute Gasteiger partial charge is 0.268 e. The molecule has 24 heavy (non-hydrogen) atoms. The van der Waals surface area contributed by atoms with Crippen molar-refractivity contribution in [3.8, 4) is 0 Å². The van der Waals surface area contributed by atoms with E-state index in [0.717, 1.165) is 17.2 Å². The van der Waals surface area contributed by atoms with Crippen molar-refractivity contribution in [3.63, 3.8) is 0 Å². The van der Waals surface area contributed by atoms with Crippen molar-refractivity contribution >= 4 is 28.5 Å². The lowest BCUT2D eigenvalue weighted by molar-refractivity contribution is -0.0179. The third-order valence-corrected chi connectivity index (χ3v) is 6.75. The number of hydrazine groups is 1. The van der Waals surface area contributed by atoms with E-state index < -0.39 is 0 Å². The lowest BCUT2D eigenvalue weighted by Gasteiger charge is -2.54. The van der Waals surface area contributed by atoms with E-state index in [4.69, 9.17) is 11.6 Å². The molecule has 3 N–H and O–H groups in total. The van der Waals surface area contributed by atoms with Gasteiger partial charge in [-0.15, -0.1) is 0 Å². The van der Waals surface area contributed by atoms with Gasteiger partial charge in [0, 0.05) is 23.8 Å². The minimum absolute atomic E-state index is 0.204. The molecule has 0 saturated heterocycles. The Labute approximate surface area is 145 Å². The topological polar surface area (TPSA) is 69.8 Å². The van der Waals surface area contributed by atoms with E-state index in [1.54, 1.807) is 6.20 Å². The average molecular weight is 345 g/mol. The number of halogens is 1. The van der Waals surface area contributed by atoms with Gasteiger partial charge in [0.15, 0.2) is 0 Å². The molecule has 6 rings (SSSR count). The number of nitrogens with zero attached hydrogens (tertiary/aromatic N) is 1. The zero-order valence-corrected chi connectivity index (χ0v) is 14.1. The Balaban J connectivity index is 1.31. The van der Waals surface area contributed by atoms with E-state index in [9.17, 15) is 4.79 Å². The molecule has 0 aromatic carbocycles. The first kappa shape index (κ1) is 14.7. The Kier molecular flexibility index (Phi) is 3.35. The molecule has 2 aromatic rings. The fourth-order valence-corrected chi connectivity index (χ4v) is 5.80. The Morgan fingerprint density at radius 1 is 1.17 bits per heavy atom. The SMILES string of the molecule is O=C(NNC1C2CC3CC(C2)CC1C3)c1cnc2[nH]ccc2c1Cl. The van der Waals surface area contributed by atoms with Gasteiger partial charge in [0.2, 0.25) is 0 Å². The number of rotatable bonds is 3. The second-order valence-electron chi connectivity index (χ2n) is 7.78. The van der Waals surface area contributed by atoms with E-state index in [1.165, 1.54) is 38.3 Å². The van der Waals surface area contributed by atoms with E-state index >= 15 is 0 Å². The Morgan fingerprint density at radius 2 is 1.88 bits per heavy atom. The van der Waals surface area contributed by atoms with Crippen LogP contribution in [0.1, 0.15) is 42.5 Å². The number of nitrogens with one attached hydrogen (secondary N) is 3. The number of hydrogen-bond acceptors (Lipinski definition) is 3. The van der Waals surface area contributed by atoms with Crippen LogP contribution in [-0.4, -0.2) is 21.9 Å². The highest BCUT2D eigenvalue weighted by Crippen LogP contribution is 2.53. The molecule has 4 bridgehead atoms. The lowest BCUT2D eigenvalue weighted by Crippen LogP contribution is -2.58. The summed E-state index contributed by atoms with van der Waals surface area (Å²) in [6.45, 7) is 0. The minimum Gasteiger partial charge on any atom is -0.346 e. The molecule has 4 saturated carbocycles. The number of aromatic amines is 1. The van der Waals surface area contributed by atoms with Gasteiger partial charge in [0.05, 0.1) is 10.6 Å². The van der Waals surface area contributed by atoms with E-state index in [1.807, 2.05) is 6.07 Å². The molecule has 0 aliphatic heterocycles. The predicted molar refractivity (Wildman–Crippen MR) is 92.5 cm³/mol. The number of pyridine rings is 1. The van der Waals surface area contributed by atoms with Crippen molar-refractivity contribution < 1.29 is 4.79 Å². The summed E-state index contributed by atoms with van der Waals surface area (Å²) in [6, 6.07) is 2.25. The molecule has 1 amide bonds. The van der Waals surface area contributed by atoms with Crippen LogP contribution in [0.2, 0.25) is 5.02 Å². The fourth-order valence-electron chi connectivity index (χ4n) is 5.51. The summed E-state index contributed by atoms with van der Waals surface area (Å²) in [4.78, 5) is 19.8. The van der Waals surface area contributed by atoms with Gasteiger partial charge in [-0.1, -0.05) is 11.6 Å². The number of H-pyrrole nitrogens is 1. The lowest BCUT2D eigenvalue weighted by atomic mass is 9.54. The first-order valence-corrected chi connectivity index (χ1v) is 9.24. The number of amides is 1. The van der Waals surface area contributed by atoms with Gasteiger partial charge in [0.25, 0.3) is 5.91 Å². The molecular weight excluding hydrogens is 324 g/mol.